The molecule has 0 unspecified atom stereocenters. The van der Waals surface area contributed by atoms with E-state index in [9.17, 15) is 4.79 Å². The largest absolute Gasteiger partial charge is 0.483 e. The van der Waals surface area contributed by atoms with E-state index in [0.29, 0.717) is 11.4 Å². The molecule has 0 saturated heterocycles. The number of aromatic nitrogens is 4. The molecule has 0 aliphatic carbocycles. The average Bonchev–Trinajstić information content (AvgIpc) is 3.26. The molecule has 144 valence electrons. The van der Waals surface area contributed by atoms with Crippen molar-refractivity contribution in [2.45, 2.75) is 32.8 Å². The summed E-state index contributed by atoms with van der Waals surface area (Å²) in [6.45, 7) is 5.89. The van der Waals surface area contributed by atoms with Crippen LogP contribution in [-0.4, -0.2) is 38.3 Å². The minimum absolute atomic E-state index is 0.103. The van der Waals surface area contributed by atoms with Crippen molar-refractivity contribution in [2.75, 3.05) is 11.9 Å². The molecule has 0 radical (unpaired) electrons. The Morgan fingerprint density at radius 1 is 1.32 bits per heavy atom. The van der Waals surface area contributed by atoms with Crippen LogP contribution in [0.3, 0.4) is 0 Å². The second kappa shape index (κ2) is 6.95. The van der Waals surface area contributed by atoms with Gasteiger partial charge in [-0.1, -0.05) is 12.1 Å². The van der Waals surface area contributed by atoms with Crippen molar-refractivity contribution < 1.29 is 14.3 Å². The third kappa shape index (κ3) is 3.66. The summed E-state index contributed by atoms with van der Waals surface area (Å²) in [6, 6.07) is 11.3. The molecule has 8 heteroatoms. The molecule has 0 saturated carbocycles. The summed E-state index contributed by atoms with van der Waals surface area (Å²) in [5.41, 5.74) is 3.29. The van der Waals surface area contributed by atoms with Gasteiger partial charge in [0.15, 0.2) is 18.1 Å². The van der Waals surface area contributed by atoms with E-state index in [4.69, 9.17) is 9.47 Å². The topological polar surface area (TPSA) is 91.2 Å². The SMILES string of the molecule is Cc1cc(NC(=O)COc2cccc3c2OC(C)(C)C3)ccc1-n1cnnn1. The van der Waals surface area contributed by atoms with E-state index < -0.39 is 0 Å². The number of hydrogen-bond acceptors (Lipinski definition) is 6. The van der Waals surface area contributed by atoms with Crippen LogP contribution in [0, 0.1) is 6.92 Å². The molecule has 0 spiro atoms. The molecule has 1 N–H and O–H groups in total. The Morgan fingerprint density at radius 3 is 2.93 bits per heavy atom. The van der Waals surface area contributed by atoms with Crippen molar-refractivity contribution in [1.82, 2.24) is 20.2 Å². The predicted molar refractivity (Wildman–Crippen MR) is 103 cm³/mol. The fraction of sp³-hybridized carbons (Fsp3) is 0.300. The van der Waals surface area contributed by atoms with Gasteiger partial charge in [0.25, 0.3) is 5.91 Å². The van der Waals surface area contributed by atoms with Gasteiger partial charge in [-0.25, -0.2) is 4.68 Å². The van der Waals surface area contributed by atoms with Gasteiger partial charge in [0.05, 0.1) is 5.69 Å². The summed E-state index contributed by atoms with van der Waals surface area (Å²) in [5, 5.41) is 14.0. The van der Waals surface area contributed by atoms with Gasteiger partial charge >= 0.3 is 0 Å². The zero-order valence-electron chi connectivity index (χ0n) is 16.0. The van der Waals surface area contributed by atoms with Crippen LogP contribution in [0.5, 0.6) is 11.5 Å². The highest BCUT2D eigenvalue weighted by atomic mass is 16.5. The molecule has 28 heavy (non-hydrogen) atoms. The smallest absolute Gasteiger partial charge is 0.262 e. The van der Waals surface area contributed by atoms with E-state index in [1.165, 1.54) is 6.33 Å². The maximum Gasteiger partial charge on any atom is 0.262 e. The number of hydrogen-bond donors (Lipinski definition) is 1. The van der Waals surface area contributed by atoms with Crippen LogP contribution in [0.4, 0.5) is 5.69 Å². The number of para-hydroxylation sites is 1. The minimum Gasteiger partial charge on any atom is -0.483 e. The van der Waals surface area contributed by atoms with Gasteiger partial charge in [-0.3, -0.25) is 4.79 Å². The molecule has 3 aromatic rings. The molecule has 1 aromatic heterocycles. The maximum absolute atomic E-state index is 12.3. The number of carbonyl (C=O) groups is 1. The zero-order valence-corrected chi connectivity index (χ0v) is 16.0. The molecule has 4 rings (SSSR count). The second-order valence-electron chi connectivity index (χ2n) is 7.38. The molecule has 0 bridgehead atoms. The van der Waals surface area contributed by atoms with Crippen molar-refractivity contribution >= 4 is 11.6 Å². The van der Waals surface area contributed by atoms with E-state index in [0.717, 1.165) is 29.0 Å². The molecule has 1 amide bonds. The van der Waals surface area contributed by atoms with Crippen LogP contribution in [0.2, 0.25) is 0 Å². The molecule has 2 aromatic carbocycles. The van der Waals surface area contributed by atoms with Crippen LogP contribution in [-0.2, 0) is 11.2 Å². The third-order valence-corrected chi connectivity index (χ3v) is 4.49. The van der Waals surface area contributed by atoms with Crippen LogP contribution in [0.1, 0.15) is 25.0 Å². The van der Waals surface area contributed by atoms with Crippen molar-refractivity contribution in [1.29, 1.82) is 0 Å². The fourth-order valence-electron chi connectivity index (χ4n) is 3.30. The van der Waals surface area contributed by atoms with E-state index in [1.54, 1.807) is 10.7 Å². The van der Waals surface area contributed by atoms with Crippen LogP contribution < -0.4 is 14.8 Å². The summed E-state index contributed by atoms with van der Waals surface area (Å²) in [6.07, 6.45) is 2.34. The summed E-state index contributed by atoms with van der Waals surface area (Å²) < 4.78 is 13.3. The van der Waals surface area contributed by atoms with E-state index >= 15 is 0 Å². The van der Waals surface area contributed by atoms with E-state index in [-0.39, 0.29) is 18.1 Å². The Hall–Kier alpha value is -3.42. The van der Waals surface area contributed by atoms with Crippen molar-refractivity contribution in [2.24, 2.45) is 0 Å². The average molecular weight is 379 g/mol. The van der Waals surface area contributed by atoms with E-state index in [1.807, 2.05) is 51.1 Å². The molecular formula is C20H21N5O3. The number of fused-ring (bicyclic) bond motifs is 1. The Labute approximate surface area is 162 Å². The molecule has 0 atom stereocenters. The summed E-state index contributed by atoms with van der Waals surface area (Å²) in [5.74, 6) is 1.06. The van der Waals surface area contributed by atoms with Gasteiger partial charge in [0.2, 0.25) is 0 Å². The van der Waals surface area contributed by atoms with Crippen LogP contribution in [0.25, 0.3) is 5.69 Å². The van der Waals surface area contributed by atoms with Gasteiger partial charge < -0.3 is 14.8 Å². The van der Waals surface area contributed by atoms with Crippen molar-refractivity contribution in [3.8, 4) is 17.2 Å². The summed E-state index contributed by atoms with van der Waals surface area (Å²) in [7, 11) is 0. The standard InChI is InChI=1S/C20H21N5O3/c1-13-9-15(7-8-16(13)25-12-21-23-24-25)22-18(26)11-27-17-6-4-5-14-10-20(2,3)28-19(14)17/h4-9,12H,10-11H2,1-3H3,(H,22,26). The normalized spacial score (nSPS) is 14.2. The van der Waals surface area contributed by atoms with Crippen molar-refractivity contribution in [3.05, 3.63) is 53.9 Å². The number of amides is 1. The molecular weight excluding hydrogens is 358 g/mol. The van der Waals surface area contributed by atoms with Gasteiger partial charge in [0, 0.05) is 17.7 Å². The number of benzene rings is 2. The highest BCUT2D eigenvalue weighted by molar-refractivity contribution is 5.92. The highest BCUT2D eigenvalue weighted by Crippen LogP contribution is 2.41. The molecule has 8 nitrogen and oxygen atoms in total. The Bertz CT molecular complexity index is 1010. The van der Waals surface area contributed by atoms with Gasteiger partial charge in [-0.05, 0) is 61.0 Å². The first-order chi connectivity index (χ1) is 13.4. The van der Waals surface area contributed by atoms with Crippen LogP contribution >= 0.6 is 0 Å². The number of anilines is 1. The van der Waals surface area contributed by atoms with Crippen molar-refractivity contribution in [3.63, 3.8) is 0 Å². The summed E-state index contributed by atoms with van der Waals surface area (Å²) >= 11 is 0. The lowest BCUT2D eigenvalue weighted by Gasteiger charge is -2.18. The first-order valence-corrected chi connectivity index (χ1v) is 8.99. The monoisotopic (exact) mass is 379 g/mol. The third-order valence-electron chi connectivity index (χ3n) is 4.49. The summed E-state index contributed by atoms with van der Waals surface area (Å²) in [4.78, 5) is 12.3. The first kappa shape index (κ1) is 18.0. The van der Waals surface area contributed by atoms with Gasteiger partial charge in [-0.2, -0.15) is 0 Å². The number of ether oxygens (including phenoxy) is 2. The number of nitrogens with zero attached hydrogens (tertiary/aromatic N) is 4. The molecule has 0 fully saturated rings. The molecule has 1 aliphatic rings. The van der Waals surface area contributed by atoms with Crippen LogP contribution in [0.15, 0.2) is 42.7 Å². The second-order valence-corrected chi connectivity index (χ2v) is 7.38. The number of rotatable bonds is 5. The predicted octanol–water partition coefficient (Wildman–Crippen LogP) is 2.70. The van der Waals surface area contributed by atoms with E-state index in [2.05, 4.69) is 20.8 Å². The lowest BCUT2D eigenvalue weighted by molar-refractivity contribution is -0.118. The maximum atomic E-state index is 12.3. The first-order valence-electron chi connectivity index (χ1n) is 8.99. The zero-order chi connectivity index (χ0) is 19.7. The Balaban J connectivity index is 1.40. The fourth-order valence-corrected chi connectivity index (χ4v) is 3.30. The minimum atomic E-state index is -0.261. The number of nitrogens with one attached hydrogen (secondary N) is 1. The number of carbonyl (C=O) groups excluding carboxylic acids is 1. The highest BCUT2D eigenvalue weighted by Gasteiger charge is 2.32. The number of tetrazole rings is 1. The quantitative estimate of drug-likeness (QED) is 0.733. The number of aryl methyl sites for hydroxylation is 1. The lowest BCUT2D eigenvalue weighted by Crippen LogP contribution is -2.25. The Morgan fingerprint density at radius 2 is 2.18 bits per heavy atom. The van der Waals surface area contributed by atoms with Gasteiger partial charge in [0.1, 0.15) is 11.9 Å². The molecule has 1 aliphatic heterocycles. The van der Waals surface area contributed by atoms with Gasteiger partial charge in [-0.15, -0.1) is 5.10 Å². The Kier molecular flexibility index (Phi) is 4.46. The lowest BCUT2D eigenvalue weighted by atomic mass is 10.0. The molecule has 2 heterocycles.